The molecule has 2 aromatic rings. The third-order valence-electron chi connectivity index (χ3n) is 4.39. The molecule has 25 heavy (non-hydrogen) atoms. The zero-order valence-electron chi connectivity index (χ0n) is 14.5. The molecule has 0 fully saturated rings. The molecule has 1 atom stereocenters. The summed E-state index contributed by atoms with van der Waals surface area (Å²) in [4.78, 5) is 29.2. The Morgan fingerprint density at radius 3 is 2.76 bits per heavy atom. The predicted molar refractivity (Wildman–Crippen MR) is 97.2 cm³/mol. The zero-order valence-corrected chi connectivity index (χ0v) is 15.4. The van der Waals surface area contributed by atoms with Gasteiger partial charge in [-0.15, -0.1) is 0 Å². The molecule has 3 rings (SSSR count). The van der Waals surface area contributed by atoms with Gasteiger partial charge in [0.2, 0.25) is 5.91 Å². The Morgan fingerprint density at radius 1 is 1.36 bits per heavy atom. The highest BCUT2D eigenvalue weighted by Crippen LogP contribution is 2.32. The highest BCUT2D eigenvalue weighted by atomic mass is 32.2. The van der Waals surface area contributed by atoms with Gasteiger partial charge in [0.15, 0.2) is 5.16 Å². The number of carbonyl (C=O) groups excluding carboxylic acids is 1. The van der Waals surface area contributed by atoms with Crippen molar-refractivity contribution < 1.29 is 9.53 Å². The number of carbonyl (C=O) groups is 1. The van der Waals surface area contributed by atoms with Crippen LogP contribution in [-0.2, 0) is 11.3 Å². The maximum absolute atomic E-state index is 12.5. The molecule has 1 amide bonds. The Morgan fingerprint density at radius 2 is 2.08 bits per heavy atom. The fourth-order valence-corrected chi connectivity index (χ4v) is 3.93. The number of hydrogen-bond acceptors (Lipinski definition) is 5. The maximum Gasteiger partial charge on any atom is 0.257 e. The van der Waals surface area contributed by atoms with E-state index >= 15 is 0 Å². The van der Waals surface area contributed by atoms with Gasteiger partial charge in [-0.05, 0) is 31.5 Å². The summed E-state index contributed by atoms with van der Waals surface area (Å²) in [5, 5.41) is 3.62. The first-order chi connectivity index (χ1) is 12.0. The topological polar surface area (TPSA) is 73.2 Å². The van der Waals surface area contributed by atoms with Crippen LogP contribution in [0.1, 0.15) is 29.3 Å². The van der Waals surface area contributed by atoms with Crippen molar-refractivity contribution in [1.29, 1.82) is 0 Å². The van der Waals surface area contributed by atoms with Crippen molar-refractivity contribution in [3.63, 3.8) is 0 Å². The molecule has 1 aromatic heterocycles. The van der Waals surface area contributed by atoms with Crippen molar-refractivity contribution in [2.24, 2.45) is 0 Å². The van der Waals surface area contributed by atoms with Gasteiger partial charge in [-0.25, -0.2) is 4.98 Å². The van der Waals surface area contributed by atoms with Crippen LogP contribution >= 0.6 is 11.8 Å². The van der Waals surface area contributed by atoms with E-state index in [4.69, 9.17) is 4.74 Å². The molecule has 2 heterocycles. The molecule has 1 aromatic carbocycles. The second-order valence-electron chi connectivity index (χ2n) is 6.07. The number of aromatic nitrogens is 2. The molecule has 0 saturated carbocycles. The first kappa shape index (κ1) is 17.5. The fourth-order valence-electron chi connectivity index (χ4n) is 2.75. The summed E-state index contributed by atoms with van der Waals surface area (Å²) in [7, 11) is 1.62. The average molecular weight is 359 g/mol. The normalized spacial score (nSPS) is 15.7. The van der Waals surface area contributed by atoms with Gasteiger partial charge in [-0.3, -0.25) is 14.2 Å². The second-order valence-corrected chi connectivity index (χ2v) is 7.06. The van der Waals surface area contributed by atoms with Crippen molar-refractivity contribution in [3.8, 4) is 5.75 Å². The van der Waals surface area contributed by atoms with Crippen LogP contribution in [0.5, 0.6) is 5.75 Å². The van der Waals surface area contributed by atoms with E-state index in [1.807, 2.05) is 31.2 Å². The number of hydrogen-bond donors (Lipinski definition) is 1. The second kappa shape index (κ2) is 7.31. The van der Waals surface area contributed by atoms with Gasteiger partial charge in [-0.2, -0.15) is 0 Å². The first-order valence-corrected chi connectivity index (χ1v) is 9.10. The Hall–Kier alpha value is -2.28. The van der Waals surface area contributed by atoms with E-state index in [9.17, 15) is 9.59 Å². The molecule has 0 saturated heterocycles. The van der Waals surface area contributed by atoms with Crippen LogP contribution in [0.3, 0.4) is 0 Å². The summed E-state index contributed by atoms with van der Waals surface area (Å²) < 4.78 is 6.78. The number of benzene rings is 1. The summed E-state index contributed by atoms with van der Waals surface area (Å²) in [5.74, 6) is 1.41. The number of methoxy groups -OCH3 is 1. The molecule has 1 N–H and O–H groups in total. The van der Waals surface area contributed by atoms with Crippen LogP contribution < -0.4 is 15.6 Å². The minimum atomic E-state index is -0.143. The summed E-state index contributed by atoms with van der Waals surface area (Å²) in [5.41, 5.74) is 2.37. The number of nitrogens with one attached hydrogen (secondary N) is 1. The SMILES string of the molecule is COc1ccc(CNC(=O)C[C@@H]2CSc3nc(C)c(C)c(=O)n32)cc1. The smallest absolute Gasteiger partial charge is 0.257 e. The van der Waals surface area contributed by atoms with Crippen LogP contribution in [0.4, 0.5) is 0 Å². The number of thioether (sulfide) groups is 1. The fraction of sp³-hybridized carbons (Fsp3) is 0.389. The third kappa shape index (κ3) is 3.71. The van der Waals surface area contributed by atoms with E-state index in [2.05, 4.69) is 10.3 Å². The van der Waals surface area contributed by atoms with E-state index in [-0.39, 0.29) is 23.9 Å². The lowest BCUT2D eigenvalue weighted by Crippen LogP contribution is -2.31. The lowest BCUT2D eigenvalue weighted by molar-refractivity contribution is -0.121. The number of aryl methyl sites for hydroxylation is 1. The van der Waals surface area contributed by atoms with Gasteiger partial charge < -0.3 is 10.1 Å². The standard InChI is InChI=1S/C18H21N3O3S/c1-11-12(2)20-18-21(17(11)23)14(10-25-18)8-16(22)19-9-13-4-6-15(24-3)7-5-13/h4-7,14H,8-10H2,1-3H3,(H,19,22)/t14-/m1/s1. The van der Waals surface area contributed by atoms with Crippen LogP contribution in [0, 0.1) is 13.8 Å². The first-order valence-electron chi connectivity index (χ1n) is 8.11. The van der Waals surface area contributed by atoms with Crippen molar-refractivity contribution in [2.45, 2.75) is 38.0 Å². The van der Waals surface area contributed by atoms with Crippen LogP contribution in [0.2, 0.25) is 0 Å². The monoisotopic (exact) mass is 359 g/mol. The molecule has 0 radical (unpaired) electrons. The van der Waals surface area contributed by atoms with Crippen molar-refractivity contribution in [2.75, 3.05) is 12.9 Å². The Bertz CT molecular complexity index is 846. The molecule has 0 unspecified atom stereocenters. The van der Waals surface area contributed by atoms with Crippen molar-refractivity contribution in [3.05, 3.63) is 51.4 Å². The number of ether oxygens (including phenoxy) is 1. The van der Waals surface area contributed by atoms with Gasteiger partial charge in [0.05, 0.1) is 13.2 Å². The largest absolute Gasteiger partial charge is 0.497 e. The summed E-state index contributed by atoms with van der Waals surface area (Å²) in [6.07, 6.45) is 0.278. The minimum Gasteiger partial charge on any atom is -0.497 e. The molecular formula is C18H21N3O3S. The van der Waals surface area contributed by atoms with E-state index in [0.717, 1.165) is 17.0 Å². The molecule has 7 heteroatoms. The molecule has 1 aliphatic heterocycles. The van der Waals surface area contributed by atoms with Crippen LogP contribution in [0.25, 0.3) is 0 Å². The van der Waals surface area contributed by atoms with Crippen molar-refractivity contribution in [1.82, 2.24) is 14.9 Å². The Balaban J connectivity index is 1.63. The Labute approximate surface area is 150 Å². The van der Waals surface area contributed by atoms with E-state index < -0.39 is 0 Å². The lowest BCUT2D eigenvalue weighted by atomic mass is 10.2. The van der Waals surface area contributed by atoms with E-state index in [1.54, 1.807) is 18.6 Å². The number of fused-ring (bicyclic) bond motifs is 1. The van der Waals surface area contributed by atoms with Gasteiger partial charge >= 0.3 is 0 Å². The zero-order chi connectivity index (χ0) is 18.0. The average Bonchev–Trinajstić information content (AvgIpc) is 3.00. The highest BCUT2D eigenvalue weighted by molar-refractivity contribution is 7.99. The van der Waals surface area contributed by atoms with Gasteiger partial charge in [0, 0.05) is 30.0 Å². The highest BCUT2D eigenvalue weighted by Gasteiger charge is 2.28. The van der Waals surface area contributed by atoms with Gasteiger partial charge in [-0.1, -0.05) is 23.9 Å². The van der Waals surface area contributed by atoms with Crippen LogP contribution in [-0.4, -0.2) is 28.3 Å². The number of nitrogens with zero attached hydrogens (tertiary/aromatic N) is 2. The molecule has 0 spiro atoms. The quantitative estimate of drug-likeness (QED) is 0.829. The minimum absolute atomic E-state index is 0.0412. The van der Waals surface area contributed by atoms with E-state index in [1.165, 1.54) is 11.8 Å². The molecule has 132 valence electrons. The summed E-state index contributed by atoms with van der Waals surface area (Å²) >= 11 is 1.53. The maximum atomic E-state index is 12.5. The predicted octanol–water partition coefficient (Wildman–Crippen LogP) is 2.22. The molecule has 0 bridgehead atoms. The number of amides is 1. The molecular weight excluding hydrogens is 338 g/mol. The molecule has 1 aliphatic rings. The lowest BCUT2D eigenvalue weighted by Gasteiger charge is -2.14. The van der Waals surface area contributed by atoms with Crippen LogP contribution in [0.15, 0.2) is 34.2 Å². The number of rotatable bonds is 5. The molecule has 6 nitrogen and oxygen atoms in total. The van der Waals surface area contributed by atoms with Gasteiger partial charge in [0.25, 0.3) is 5.56 Å². The Kier molecular flexibility index (Phi) is 5.13. The summed E-state index contributed by atoms with van der Waals surface area (Å²) in [6, 6.07) is 7.42. The third-order valence-corrected chi connectivity index (χ3v) is 5.49. The van der Waals surface area contributed by atoms with Crippen molar-refractivity contribution >= 4 is 17.7 Å². The molecule has 0 aliphatic carbocycles. The summed E-state index contributed by atoms with van der Waals surface area (Å²) in [6.45, 7) is 4.07. The van der Waals surface area contributed by atoms with Gasteiger partial charge in [0.1, 0.15) is 5.75 Å². The van der Waals surface area contributed by atoms with E-state index in [0.29, 0.717) is 23.0 Å².